The van der Waals surface area contributed by atoms with Gasteiger partial charge < -0.3 is 4.42 Å². The molecular formula is C10H4F4NO. The maximum atomic E-state index is 13.0. The van der Waals surface area contributed by atoms with Crippen molar-refractivity contribution >= 4 is 0 Å². The first-order chi connectivity index (χ1) is 7.47. The molecule has 0 bridgehead atoms. The standard InChI is InChI=1S/C10H4F4NO/c11-8-4-6(9-15-1-2-16-9)3-7(5-8)10(12,13)14/h2-5H. The maximum absolute atomic E-state index is 13.0. The summed E-state index contributed by atoms with van der Waals surface area (Å²) in [6, 6.07) is 2.09. The highest BCUT2D eigenvalue weighted by molar-refractivity contribution is 5.54. The molecule has 1 radical (unpaired) electrons. The highest BCUT2D eigenvalue weighted by Crippen LogP contribution is 2.32. The molecule has 0 saturated heterocycles. The van der Waals surface area contributed by atoms with E-state index in [0.717, 1.165) is 18.4 Å². The molecule has 2 aromatic rings. The lowest BCUT2D eigenvalue weighted by Crippen LogP contribution is -2.05. The van der Waals surface area contributed by atoms with Crippen molar-refractivity contribution in [3.05, 3.63) is 42.0 Å². The average molecular weight is 230 g/mol. The third-order valence-electron chi connectivity index (χ3n) is 1.86. The van der Waals surface area contributed by atoms with Crippen LogP contribution in [0.4, 0.5) is 17.6 Å². The molecule has 16 heavy (non-hydrogen) atoms. The summed E-state index contributed by atoms with van der Waals surface area (Å²) in [6.45, 7) is 0. The summed E-state index contributed by atoms with van der Waals surface area (Å²) in [5.74, 6) is -1.10. The van der Waals surface area contributed by atoms with Crippen LogP contribution in [-0.4, -0.2) is 4.98 Å². The number of rotatable bonds is 1. The number of nitrogens with zero attached hydrogens (tertiary/aromatic N) is 1. The SMILES string of the molecule is Fc1cc(-c2n[c]co2)cc(C(F)(F)F)c1. The van der Waals surface area contributed by atoms with Gasteiger partial charge in [-0.25, -0.2) is 9.37 Å². The van der Waals surface area contributed by atoms with Gasteiger partial charge in [0.05, 0.1) is 5.56 Å². The van der Waals surface area contributed by atoms with Gasteiger partial charge in [0.25, 0.3) is 0 Å². The van der Waals surface area contributed by atoms with Crippen molar-refractivity contribution in [2.75, 3.05) is 0 Å². The lowest BCUT2D eigenvalue weighted by molar-refractivity contribution is -0.137. The van der Waals surface area contributed by atoms with Gasteiger partial charge in [-0.05, 0) is 18.2 Å². The molecule has 0 amide bonds. The lowest BCUT2D eigenvalue weighted by Gasteiger charge is -2.07. The Balaban J connectivity index is 2.53. The third-order valence-corrected chi connectivity index (χ3v) is 1.86. The number of hydrogen-bond donors (Lipinski definition) is 0. The molecule has 0 unspecified atom stereocenters. The van der Waals surface area contributed by atoms with E-state index in [4.69, 9.17) is 4.42 Å². The summed E-state index contributed by atoms with van der Waals surface area (Å²) in [4.78, 5) is 3.53. The number of oxazole rings is 1. The molecule has 0 aliphatic heterocycles. The Hall–Kier alpha value is -1.85. The van der Waals surface area contributed by atoms with Crippen LogP contribution in [-0.2, 0) is 6.18 Å². The van der Waals surface area contributed by atoms with E-state index in [1.54, 1.807) is 0 Å². The van der Waals surface area contributed by atoms with Gasteiger partial charge in [0.15, 0.2) is 0 Å². The smallest absolute Gasteiger partial charge is 0.416 e. The monoisotopic (exact) mass is 230 g/mol. The Labute approximate surface area is 87.5 Å². The molecule has 0 saturated carbocycles. The van der Waals surface area contributed by atoms with E-state index in [1.165, 1.54) is 0 Å². The minimum Gasteiger partial charge on any atom is -0.444 e. The fourth-order valence-corrected chi connectivity index (χ4v) is 1.20. The first-order valence-electron chi connectivity index (χ1n) is 4.16. The van der Waals surface area contributed by atoms with E-state index < -0.39 is 17.6 Å². The van der Waals surface area contributed by atoms with Crippen LogP contribution in [0, 0.1) is 12.0 Å². The number of hydrogen-bond acceptors (Lipinski definition) is 2. The largest absolute Gasteiger partial charge is 0.444 e. The first-order valence-corrected chi connectivity index (χ1v) is 4.16. The lowest BCUT2D eigenvalue weighted by atomic mass is 10.1. The number of aromatic nitrogens is 1. The molecule has 0 aliphatic rings. The molecule has 1 heterocycles. The van der Waals surface area contributed by atoms with Gasteiger partial charge in [0, 0.05) is 5.56 Å². The van der Waals surface area contributed by atoms with E-state index in [-0.39, 0.29) is 11.5 Å². The van der Waals surface area contributed by atoms with Gasteiger partial charge >= 0.3 is 6.18 Å². The number of benzene rings is 1. The highest BCUT2D eigenvalue weighted by Gasteiger charge is 2.31. The van der Waals surface area contributed by atoms with Crippen LogP contribution >= 0.6 is 0 Å². The van der Waals surface area contributed by atoms with Crippen LogP contribution in [0.15, 0.2) is 28.9 Å². The van der Waals surface area contributed by atoms with Crippen molar-refractivity contribution in [1.82, 2.24) is 4.98 Å². The predicted molar refractivity (Wildman–Crippen MR) is 45.7 cm³/mol. The third kappa shape index (κ3) is 2.05. The van der Waals surface area contributed by atoms with Crippen molar-refractivity contribution < 1.29 is 22.0 Å². The fourth-order valence-electron chi connectivity index (χ4n) is 1.20. The van der Waals surface area contributed by atoms with Gasteiger partial charge in [-0.1, -0.05) is 0 Å². The summed E-state index contributed by atoms with van der Waals surface area (Å²) in [5, 5.41) is 0. The van der Waals surface area contributed by atoms with Gasteiger partial charge in [0.2, 0.25) is 5.89 Å². The molecule has 0 atom stereocenters. The van der Waals surface area contributed by atoms with Crippen LogP contribution in [0.5, 0.6) is 0 Å². The molecule has 83 valence electrons. The Morgan fingerprint density at radius 3 is 2.50 bits per heavy atom. The number of alkyl halides is 3. The van der Waals surface area contributed by atoms with Crippen molar-refractivity contribution in [3.63, 3.8) is 0 Å². The first kappa shape index (κ1) is 10.7. The van der Waals surface area contributed by atoms with Crippen molar-refractivity contribution in [2.45, 2.75) is 6.18 Å². The normalized spacial score (nSPS) is 11.8. The summed E-state index contributed by atoms with van der Waals surface area (Å²) >= 11 is 0. The molecule has 0 fully saturated rings. The molecule has 0 spiro atoms. The van der Waals surface area contributed by atoms with E-state index in [1.807, 2.05) is 0 Å². The topological polar surface area (TPSA) is 26.0 Å². The van der Waals surface area contributed by atoms with E-state index in [0.29, 0.717) is 6.07 Å². The maximum Gasteiger partial charge on any atom is 0.416 e. The second-order valence-corrected chi connectivity index (χ2v) is 3.01. The van der Waals surface area contributed by atoms with Crippen molar-refractivity contribution in [3.8, 4) is 11.5 Å². The van der Waals surface area contributed by atoms with Gasteiger partial charge in [-0.3, -0.25) is 0 Å². The Morgan fingerprint density at radius 2 is 1.94 bits per heavy atom. The summed E-state index contributed by atoms with van der Waals surface area (Å²) < 4.78 is 54.8. The summed E-state index contributed by atoms with van der Waals surface area (Å²) in [5.41, 5.74) is -1.16. The minimum absolute atomic E-state index is 0.0754. The Morgan fingerprint density at radius 1 is 1.19 bits per heavy atom. The summed E-state index contributed by atoms with van der Waals surface area (Å²) in [7, 11) is 0. The molecule has 0 N–H and O–H groups in total. The van der Waals surface area contributed by atoms with Crippen LogP contribution in [0.2, 0.25) is 0 Å². The molecule has 0 aliphatic carbocycles. The van der Waals surface area contributed by atoms with Crippen LogP contribution in [0.1, 0.15) is 5.56 Å². The number of halogens is 4. The van der Waals surface area contributed by atoms with Crippen LogP contribution in [0.25, 0.3) is 11.5 Å². The molecule has 2 rings (SSSR count). The van der Waals surface area contributed by atoms with E-state index in [2.05, 4.69) is 11.2 Å². The molecular weight excluding hydrogens is 226 g/mol. The Kier molecular flexibility index (Phi) is 2.41. The quantitative estimate of drug-likeness (QED) is 0.702. The molecule has 6 heteroatoms. The molecule has 1 aromatic heterocycles. The van der Waals surface area contributed by atoms with Gasteiger partial charge in [-0.15, -0.1) is 0 Å². The van der Waals surface area contributed by atoms with Crippen LogP contribution < -0.4 is 0 Å². The zero-order chi connectivity index (χ0) is 11.8. The van der Waals surface area contributed by atoms with Crippen molar-refractivity contribution in [2.24, 2.45) is 0 Å². The van der Waals surface area contributed by atoms with Gasteiger partial charge in [0.1, 0.15) is 18.3 Å². The second-order valence-electron chi connectivity index (χ2n) is 3.01. The zero-order valence-corrected chi connectivity index (χ0v) is 7.68. The average Bonchev–Trinajstić information content (AvgIpc) is 2.68. The van der Waals surface area contributed by atoms with E-state index >= 15 is 0 Å². The predicted octanol–water partition coefficient (Wildman–Crippen LogP) is 3.30. The minimum atomic E-state index is -4.60. The zero-order valence-electron chi connectivity index (χ0n) is 7.68. The van der Waals surface area contributed by atoms with Crippen LogP contribution in [0.3, 0.4) is 0 Å². The van der Waals surface area contributed by atoms with E-state index in [9.17, 15) is 17.6 Å². The van der Waals surface area contributed by atoms with Crippen molar-refractivity contribution in [1.29, 1.82) is 0 Å². The van der Waals surface area contributed by atoms with Gasteiger partial charge in [-0.2, -0.15) is 13.2 Å². The molecule has 2 nitrogen and oxygen atoms in total. The second kappa shape index (κ2) is 3.62. The fraction of sp³-hybridized carbons (Fsp3) is 0.100. The molecule has 1 aromatic carbocycles. The summed E-state index contributed by atoms with van der Waals surface area (Å²) in [6.07, 6.45) is -1.24. The Bertz CT molecular complexity index is 490. The highest BCUT2D eigenvalue weighted by atomic mass is 19.4.